The maximum absolute atomic E-state index is 12.4. The van der Waals surface area contributed by atoms with Crippen LogP contribution in [0.4, 0.5) is 5.69 Å². The summed E-state index contributed by atoms with van der Waals surface area (Å²) in [6.07, 6.45) is 0. The van der Waals surface area contributed by atoms with Gasteiger partial charge >= 0.3 is 0 Å². The molecule has 0 radical (unpaired) electrons. The number of hydrogen-bond donors (Lipinski definition) is 1. The first-order valence-electron chi connectivity index (χ1n) is 8.29. The third kappa shape index (κ3) is 4.63. The fourth-order valence-corrected chi connectivity index (χ4v) is 4.41. The lowest BCUT2D eigenvalue weighted by Gasteiger charge is -2.36. The molecule has 1 amide bonds. The molecule has 0 bridgehead atoms. The lowest BCUT2D eigenvalue weighted by molar-refractivity contribution is -0.130. The van der Waals surface area contributed by atoms with E-state index in [-0.39, 0.29) is 17.3 Å². The summed E-state index contributed by atoms with van der Waals surface area (Å²) >= 11 is 3.25. The van der Waals surface area contributed by atoms with Crippen LogP contribution in [0.1, 0.15) is 0 Å². The molecule has 8 heteroatoms. The van der Waals surface area contributed by atoms with E-state index in [0.29, 0.717) is 17.6 Å². The molecule has 0 aromatic heterocycles. The van der Waals surface area contributed by atoms with Crippen LogP contribution in [0.15, 0.2) is 64.0 Å². The van der Waals surface area contributed by atoms with Gasteiger partial charge in [0, 0.05) is 36.3 Å². The van der Waals surface area contributed by atoms with Gasteiger partial charge in [-0.25, -0.2) is 13.1 Å². The zero-order valence-corrected chi connectivity index (χ0v) is 16.5. The number of amides is 1. The van der Waals surface area contributed by atoms with Crippen LogP contribution < -0.4 is 9.62 Å². The van der Waals surface area contributed by atoms with E-state index < -0.39 is 10.0 Å². The van der Waals surface area contributed by atoms with Crippen LogP contribution in [0.25, 0.3) is 0 Å². The van der Waals surface area contributed by atoms with E-state index in [2.05, 4.69) is 25.6 Å². The van der Waals surface area contributed by atoms with Crippen LogP contribution in [0.2, 0.25) is 0 Å². The predicted molar refractivity (Wildman–Crippen MR) is 105 cm³/mol. The molecule has 1 saturated heterocycles. The molecule has 1 N–H and O–H groups in total. The minimum atomic E-state index is -3.71. The molecule has 0 spiro atoms. The number of carbonyl (C=O) groups excluding carboxylic acids is 1. The third-order valence-electron chi connectivity index (χ3n) is 4.27. The molecule has 138 valence electrons. The largest absolute Gasteiger partial charge is 0.368 e. The molecule has 0 atom stereocenters. The lowest BCUT2D eigenvalue weighted by Crippen LogP contribution is -2.51. The van der Waals surface area contributed by atoms with Gasteiger partial charge in [-0.05, 0) is 30.3 Å². The molecular weight excluding hydrogens is 418 g/mol. The summed E-state index contributed by atoms with van der Waals surface area (Å²) in [4.78, 5) is 16.4. The van der Waals surface area contributed by atoms with Crippen molar-refractivity contribution in [3.8, 4) is 0 Å². The normalized spacial score (nSPS) is 15.1. The van der Waals surface area contributed by atoms with Gasteiger partial charge in [0.25, 0.3) is 0 Å². The highest BCUT2D eigenvalue weighted by Gasteiger charge is 2.23. The first-order chi connectivity index (χ1) is 12.5. The van der Waals surface area contributed by atoms with Crippen LogP contribution >= 0.6 is 15.9 Å². The second-order valence-corrected chi connectivity index (χ2v) is 8.67. The Morgan fingerprint density at radius 1 is 1.00 bits per heavy atom. The summed E-state index contributed by atoms with van der Waals surface area (Å²) in [5.41, 5.74) is 1.13. The monoisotopic (exact) mass is 437 g/mol. The van der Waals surface area contributed by atoms with Crippen LogP contribution in [0.3, 0.4) is 0 Å². The quantitative estimate of drug-likeness (QED) is 0.776. The van der Waals surface area contributed by atoms with Gasteiger partial charge in [0.05, 0.1) is 11.4 Å². The molecular formula is C18H20BrN3O3S. The Balaban J connectivity index is 1.53. The number of piperazine rings is 1. The van der Waals surface area contributed by atoms with Crippen molar-refractivity contribution in [1.29, 1.82) is 0 Å². The van der Waals surface area contributed by atoms with E-state index in [1.165, 1.54) is 12.1 Å². The lowest BCUT2D eigenvalue weighted by atomic mass is 10.2. The zero-order valence-electron chi connectivity index (χ0n) is 14.1. The second-order valence-electron chi connectivity index (χ2n) is 5.99. The Morgan fingerprint density at radius 3 is 2.35 bits per heavy atom. The maximum atomic E-state index is 12.4. The van der Waals surface area contributed by atoms with Crippen LogP contribution in [-0.4, -0.2) is 51.9 Å². The fraction of sp³-hybridized carbons (Fsp3) is 0.278. The Hall–Kier alpha value is -1.90. The molecule has 0 unspecified atom stereocenters. The second kappa shape index (κ2) is 8.20. The van der Waals surface area contributed by atoms with Crippen molar-refractivity contribution in [2.75, 3.05) is 37.6 Å². The van der Waals surface area contributed by atoms with Gasteiger partial charge in [0.2, 0.25) is 15.9 Å². The van der Waals surface area contributed by atoms with Crippen molar-refractivity contribution >= 4 is 37.5 Å². The summed E-state index contributed by atoms with van der Waals surface area (Å²) in [6, 6.07) is 16.4. The van der Waals surface area contributed by atoms with Crippen molar-refractivity contribution in [2.24, 2.45) is 0 Å². The first kappa shape index (κ1) is 18.9. The summed E-state index contributed by atoms with van der Waals surface area (Å²) in [7, 11) is -3.71. The zero-order chi connectivity index (χ0) is 18.6. The van der Waals surface area contributed by atoms with Crippen LogP contribution in [0.5, 0.6) is 0 Å². The van der Waals surface area contributed by atoms with Crippen molar-refractivity contribution < 1.29 is 13.2 Å². The molecule has 1 aliphatic heterocycles. The fourth-order valence-electron chi connectivity index (χ4n) is 2.84. The van der Waals surface area contributed by atoms with Crippen molar-refractivity contribution in [1.82, 2.24) is 9.62 Å². The Labute approximate surface area is 162 Å². The molecule has 1 fully saturated rings. The number of nitrogens with one attached hydrogen (secondary N) is 1. The predicted octanol–water partition coefficient (Wildman–Crippen LogP) is 2.08. The molecule has 1 heterocycles. The van der Waals surface area contributed by atoms with Gasteiger partial charge in [-0.2, -0.15) is 0 Å². The van der Waals surface area contributed by atoms with Crippen molar-refractivity contribution in [3.05, 3.63) is 59.1 Å². The molecule has 26 heavy (non-hydrogen) atoms. The third-order valence-corrected chi connectivity index (χ3v) is 6.17. The number of benzene rings is 2. The van der Waals surface area contributed by atoms with E-state index in [1.54, 1.807) is 17.0 Å². The summed E-state index contributed by atoms with van der Waals surface area (Å²) < 4.78 is 27.7. The average Bonchev–Trinajstić information content (AvgIpc) is 2.67. The van der Waals surface area contributed by atoms with Gasteiger partial charge in [-0.1, -0.05) is 40.2 Å². The SMILES string of the molecule is O=C(CNS(=O)(=O)c1cccc(Br)c1)N1CCN(c2ccccc2)CC1. The Morgan fingerprint density at radius 2 is 1.69 bits per heavy atom. The van der Waals surface area contributed by atoms with E-state index in [9.17, 15) is 13.2 Å². The van der Waals surface area contributed by atoms with Crippen molar-refractivity contribution in [3.63, 3.8) is 0 Å². The standard InChI is InChI=1S/C18H20BrN3O3S/c19-15-5-4-8-17(13-15)26(24,25)20-14-18(23)22-11-9-21(10-12-22)16-6-2-1-3-7-16/h1-8,13,20H,9-12,14H2. The number of carbonyl (C=O) groups is 1. The number of rotatable bonds is 5. The van der Waals surface area contributed by atoms with Gasteiger partial charge in [-0.15, -0.1) is 0 Å². The topological polar surface area (TPSA) is 69.7 Å². The first-order valence-corrected chi connectivity index (χ1v) is 10.6. The van der Waals surface area contributed by atoms with Crippen LogP contribution in [0, 0.1) is 0 Å². The number of anilines is 1. The van der Waals surface area contributed by atoms with E-state index in [0.717, 1.165) is 18.8 Å². The highest BCUT2D eigenvalue weighted by molar-refractivity contribution is 9.10. The van der Waals surface area contributed by atoms with Gasteiger partial charge in [-0.3, -0.25) is 4.79 Å². The average molecular weight is 438 g/mol. The Bertz CT molecular complexity index is 866. The highest BCUT2D eigenvalue weighted by Crippen LogP contribution is 2.17. The smallest absolute Gasteiger partial charge is 0.241 e. The molecule has 2 aromatic rings. The highest BCUT2D eigenvalue weighted by atomic mass is 79.9. The molecule has 6 nitrogen and oxygen atoms in total. The number of nitrogens with zero attached hydrogens (tertiary/aromatic N) is 2. The molecule has 3 rings (SSSR count). The van der Waals surface area contributed by atoms with Crippen LogP contribution in [-0.2, 0) is 14.8 Å². The van der Waals surface area contributed by atoms with E-state index in [1.807, 2.05) is 30.3 Å². The molecule has 2 aromatic carbocycles. The number of para-hydroxylation sites is 1. The van der Waals surface area contributed by atoms with Gasteiger partial charge < -0.3 is 9.80 Å². The van der Waals surface area contributed by atoms with Gasteiger partial charge in [0.1, 0.15) is 0 Å². The maximum Gasteiger partial charge on any atom is 0.241 e. The molecule has 0 saturated carbocycles. The molecule has 0 aliphatic carbocycles. The summed E-state index contributed by atoms with van der Waals surface area (Å²) in [5.74, 6) is -0.212. The minimum absolute atomic E-state index is 0.133. The summed E-state index contributed by atoms with van der Waals surface area (Å²) in [6.45, 7) is 2.38. The minimum Gasteiger partial charge on any atom is -0.368 e. The van der Waals surface area contributed by atoms with E-state index in [4.69, 9.17) is 0 Å². The number of hydrogen-bond acceptors (Lipinski definition) is 4. The van der Waals surface area contributed by atoms with E-state index >= 15 is 0 Å². The summed E-state index contributed by atoms with van der Waals surface area (Å²) in [5, 5.41) is 0. The number of sulfonamides is 1. The number of halogens is 1. The van der Waals surface area contributed by atoms with Gasteiger partial charge in [0.15, 0.2) is 0 Å². The molecule has 1 aliphatic rings. The van der Waals surface area contributed by atoms with Crippen molar-refractivity contribution in [2.45, 2.75) is 4.90 Å². The Kier molecular flexibility index (Phi) is 5.95.